The molecule has 3 N–H and O–H groups in total. The zero-order valence-electron chi connectivity index (χ0n) is 6.87. The van der Waals surface area contributed by atoms with Gasteiger partial charge in [0.05, 0.1) is 16.7 Å². The van der Waals surface area contributed by atoms with E-state index in [0.29, 0.717) is 6.42 Å². The number of rotatable bonds is 3. The SMILES string of the molecule is C#CC(Cc1csc(C)n1)NN. The number of thiazole rings is 1. The van der Waals surface area contributed by atoms with Crippen LogP contribution in [0.3, 0.4) is 0 Å². The van der Waals surface area contributed by atoms with Crippen molar-refractivity contribution in [1.82, 2.24) is 10.4 Å². The molecule has 12 heavy (non-hydrogen) atoms. The van der Waals surface area contributed by atoms with Crippen molar-refractivity contribution in [3.63, 3.8) is 0 Å². The van der Waals surface area contributed by atoms with Gasteiger partial charge in [-0.05, 0) is 6.92 Å². The summed E-state index contributed by atoms with van der Waals surface area (Å²) in [7, 11) is 0. The average molecular weight is 181 g/mol. The summed E-state index contributed by atoms with van der Waals surface area (Å²) < 4.78 is 0. The lowest BCUT2D eigenvalue weighted by molar-refractivity contribution is 0.627. The normalized spacial score (nSPS) is 12.4. The van der Waals surface area contributed by atoms with E-state index in [2.05, 4.69) is 16.3 Å². The number of hydrogen-bond acceptors (Lipinski definition) is 4. The lowest BCUT2D eigenvalue weighted by Crippen LogP contribution is -2.35. The summed E-state index contributed by atoms with van der Waals surface area (Å²) in [5.74, 6) is 7.76. The molecule has 1 aromatic rings. The van der Waals surface area contributed by atoms with Gasteiger partial charge < -0.3 is 0 Å². The fourth-order valence-electron chi connectivity index (χ4n) is 0.877. The molecule has 1 atom stereocenters. The van der Waals surface area contributed by atoms with Crippen LogP contribution in [0.5, 0.6) is 0 Å². The van der Waals surface area contributed by atoms with Crippen molar-refractivity contribution in [2.45, 2.75) is 19.4 Å². The number of hydrogen-bond donors (Lipinski definition) is 2. The molecular weight excluding hydrogens is 170 g/mol. The zero-order valence-corrected chi connectivity index (χ0v) is 7.69. The molecule has 0 spiro atoms. The minimum Gasteiger partial charge on any atom is -0.270 e. The average Bonchev–Trinajstić information content (AvgIpc) is 2.47. The van der Waals surface area contributed by atoms with Crippen molar-refractivity contribution in [2.75, 3.05) is 0 Å². The van der Waals surface area contributed by atoms with Gasteiger partial charge >= 0.3 is 0 Å². The Balaban J connectivity index is 2.58. The van der Waals surface area contributed by atoms with Gasteiger partial charge in [-0.1, -0.05) is 5.92 Å². The van der Waals surface area contributed by atoms with Gasteiger partial charge in [-0.3, -0.25) is 5.84 Å². The summed E-state index contributed by atoms with van der Waals surface area (Å²) in [4.78, 5) is 4.27. The third kappa shape index (κ3) is 2.31. The van der Waals surface area contributed by atoms with E-state index >= 15 is 0 Å². The Labute approximate surface area is 76.0 Å². The topological polar surface area (TPSA) is 50.9 Å². The quantitative estimate of drug-likeness (QED) is 0.404. The molecule has 1 rings (SSSR count). The fourth-order valence-corrected chi connectivity index (χ4v) is 1.50. The van der Waals surface area contributed by atoms with Crippen molar-refractivity contribution in [1.29, 1.82) is 0 Å². The van der Waals surface area contributed by atoms with Gasteiger partial charge in [0.15, 0.2) is 0 Å². The Bertz CT molecular complexity index is 287. The summed E-state index contributed by atoms with van der Waals surface area (Å²) >= 11 is 1.62. The van der Waals surface area contributed by atoms with Crippen LogP contribution in [0, 0.1) is 19.3 Å². The van der Waals surface area contributed by atoms with Gasteiger partial charge in [0.1, 0.15) is 0 Å². The molecule has 0 aliphatic rings. The third-order valence-corrected chi connectivity index (χ3v) is 2.30. The number of nitrogens with one attached hydrogen (secondary N) is 1. The van der Waals surface area contributed by atoms with E-state index in [4.69, 9.17) is 12.3 Å². The second kappa shape index (κ2) is 4.21. The van der Waals surface area contributed by atoms with Crippen molar-refractivity contribution < 1.29 is 0 Å². The molecule has 3 nitrogen and oxygen atoms in total. The summed E-state index contributed by atoms with van der Waals surface area (Å²) in [6.45, 7) is 1.97. The van der Waals surface area contributed by atoms with E-state index in [0.717, 1.165) is 10.7 Å². The van der Waals surface area contributed by atoms with Gasteiger partial charge in [0.2, 0.25) is 0 Å². The van der Waals surface area contributed by atoms with Crippen LogP contribution in [-0.2, 0) is 6.42 Å². The number of hydrazine groups is 1. The first kappa shape index (κ1) is 9.20. The number of nitrogens with zero attached hydrogens (tertiary/aromatic N) is 1. The van der Waals surface area contributed by atoms with E-state index in [1.54, 1.807) is 11.3 Å². The Morgan fingerprint density at radius 3 is 3.08 bits per heavy atom. The number of aryl methyl sites for hydroxylation is 1. The largest absolute Gasteiger partial charge is 0.270 e. The fraction of sp³-hybridized carbons (Fsp3) is 0.375. The maximum atomic E-state index is 5.22. The van der Waals surface area contributed by atoms with Crippen LogP contribution in [-0.4, -0.2) is 11.0 Å². The molecule has 4 heteroatoms. The van der Waals surface area contributed by atoms with Gasteiger partial charge in [0.25, 0.3) is 0 Å². The Morgan fingerprint density at radius 2 is 2.67 bits per heavy atom. The van der Waals surface area contributed by atoms with E-state index in [9.17, 15) is 0 Å². The van der Waals surface area contributed by atoms with Crippen molar-refractivity contribution >= 4 is 11.3 Å². The molecule has 0 aliphatic carbocycles. The van der Waals surface area contributed by atoms with Crippen LogP contribution in [0.1, 0.15) is 10.7 Å². The summed E-state index contributed by atoms with van der Waals surface area (Å²) in [5.41, 5.74) is 3.54. The maximum absolute atomic E-state index is 5.22. The minimum absolute atomic E-state index is 0.119. The minimum atomic E-state index is -0.119. The third-order valence-electron chi connectivity index (χ3n) is 1.48. The highest BCUT2D eigenvalue weighted by Crippen LogP contribution is 2.09. The molecule has 0 amide bonds. The highest BCUT2D eigenvalue weighted by molar-refractivity contribution is 7.09. The van der Waals surface area contributed by atoms with Gasteiger partial charge in [0, 0.05) is 11.8 Å². The molecule has 64 valence electrons. The first-order valence-corrected chi connectivity index (χ1v) is 4.47. The Morgan fingerprint density at radius 1 is 1.92 bits per heavy atom. The number of terminal acetylenes is 1. The van der Waals surface area contributed by atoms with Gasteiger partial charge in [-0.25, -0.2) is 10.4 Å². The van der Waals surface area contributed by atoms with Crippen molar-refractivity contribution in [3.05, 3.63) is 16.1 Å². The highest BCUT2D eigenvalue weighted by Gasteiger charge is 2.05. The molecule has 1 heterocycles. The number of aromatic nitrogens is 1. The molecule has 0 saturated heterocycles. The zero-order chi connectivity index (χ0) is 8.97. The predicted octanol–water partition coefficient (Wildman–Crippen LogP) is 0.459. The summed E-state index contributed by atoms with van der Waals surface area (Å²) in [6, 6.07) is -0.119. The Kier molecular flexibility index (Phi) is 3.23. The first-order chi connectivity index (χ1) is 5.76. The maximum Gasteiger partial charge on any atom is 0.0897 e. The molecule has 0 fully saturated rings. The standard InChI is InChI=1S/C8H11N3S/c1-3-7(11-9)4-8-5-12-6(2)10-8/h1,5,7,11H,4,9H2,2H3. The predicted molar refractivity (Wildman–Crippen MR) is 50.5 cm³/mol. The molecular formula is C8H11N3S. The monoisotopic (exact) mass is 181 g/mol. The first-order valence-electron chi connectivity index (χ1n) is 3.59. The van der Waals surface area contributed by atoms with E-state index in [1.165, 1.54) is 0 Å². The molecule has 0 saturated carbocycles. The highest BCUT2D eigenvalue weighted by atomic mass is 32.1. The molecule has 1 aromatic heterocycles. The number of nitrogens with two attached hydrogens (primary N) is 1. The van der Waals surface area contributed by atoms with Crippen LogP contribution in [0.15, 0.2) is 5.38 Å². The van der Waals surface area contributed by atoms with Crippen LogP contribution >= 0.6 is 11.3 Å². The molecule has 1 unspecified atom stereocenters. The smallest absolute Gasteiger partial charge is 0.0897 e. The molecule has 0 aliphatic heterocycles. The van der Waals surface area contributed by atoms with E-state index < -0.39 is 0 Å². The van der Waals surface area contributed by atoms with Crippen LogP contribution in [0.4, 0.5) is 0 Å². The lowest BCUT2D eigenvalue weighted by atomic mass is 10.2. The van der Waals surface area contributed by atoms with Crippen LogP contribution in [0.2, 0.25) is 0 Å². The van der Waals surface area contributed by atoms with E-state index in [-0.39, 0.29) is 6.04 Å². The second-order valence-electron chi connectivity index (χ2n) is 2.45. The van der Waals surface area contributed by atoms with Gasteiger partial charge in [-0.15, -0.1) is 17.8 Å². The molecule has 0 aromatic carbocycles. The molecule has 0 bridgehead atoms. The van der Waals surface area contributed by atoms with Crippen LogP contribution < -0.4 is 11.3 Å². The summed E-state index contributed by atoms with van der Waals surface area (Å²) in [5, 5.41) is 3.05. The molecule has 0 radical (unpaired) electrons. The van der Waals surface area contributed by atoms with Crippen molar-refractivity contribution in [2.24, 2.45) is 5.84 Å². The Hall–Kier alpha value is -0.890. The summed E-state index contributed by atoms with van der Waals surface area (Å²) in [6.07, 6.45) is 5.91. The van der Waals surface area contributed by atoms with Crippen LogP contribution in [0.25, 0.3) is 0 Å². The lowest BCUT2D eigenvalue weighted by Gasteiger charge is -2.05. The van der Waals surface area contributed by atoms with Gasteiger partial charge in [-0.2, -0.15) is 0 Å². The van der Waals surface area contributed by atoms with E-state index in [1.807, 2.05) is 12.3 Å². The second-order valence-corrected chi connectivity index (χ2v) is 3.51. The van der Waals surface area contributed by atoms with Crippen molar-refractivity contribution in [3.8, 4) is 12.3 Å².